The molecule has 0 aliphatic heterocycles. The van der Waals surface area contributed by atoms with Gasteiger partial charge in [0.1, 0.15) is 28.4 Å². The van der Waals surface area contributed by atoms with Crippen molar-refractivity contribution in [3.63, 3.8) is 0 Å². The number of carbonyl (C=O) groups excluding carboxylic acids is 1. The first-order chi connectivity index (χ1) is 20.0. The number of pyridine rings is 1. The number of sulfonamides is 1. The Kier molecular flexibility index (Phi) is 6.49. The maximum absolute atomic E-state index is 14.3. The number of nitrogens with zero attached hydrogens (tertiary/aromatic N) is 3. The van der Waals surface area contributed by atoms with Crippen LogP contribution in [0.1, 0.15) is 10.4 Å². The van der Waals surface area contributed by atoms with E-state index in [4.69, 9.17) is 8.83 Å². The van der Waals surface area contributed by atoms with Crippen LogP contribution in [0.15, 0.2) is 81.8 Å². The topological polar surface area (TPSA) is 119 Å². The molecule has 0 fully saturated rings. The Morgan fingerprint density at radius 2 is 1.71 bits per heavy atom. The van der Waals surface area contributed by atoms with Crippen molar-refractivity contribution in [1.29, 1.82) is 0 Å². The van der Waals surface area contributed by atoms with Crippen molar-refractivity contribution < 1.29 is 30.8 Å². The summed E-state index contributed by atoms with van der Waals surface area (Å²) in [5.41, 5.74) is 2.68. The van der Waals surface area contributed by atoms with Gasteiger partial charge in [0, 0.05) is 42.9 Å². The maximum atomic E-state index is 14.3. The summed E-state index contributed by atoms with van der Waals surface area (Å²) in [6.45, 7) is 0. The average molecular weight is 589 g/mol. The number of rotatable bonds is 6. The van der Waals surface area contributed by atoms with Gasteiger partial charge in [-0.25, -0.2) is 22.2 Å². The summed E-state index contributed by atoms with van der Waals surface area (Å²) in [6.07, 6.45) is 2.55. The Hall–Kier alpha value is -5.10. The quantitative estimate of drug-likeness (QED) is 0.253. The summed E-state index contributed by atoms with van der Waals surface area (Å²) >= 11 is 0. The Bertz CT molecular complexity index is 2120. The first-order valence-electron chi connectivity index (χ1n) is 12.6. The van der Waals surface area contributed by atoms with Crippen molar-refractivity contribution in [1.82, 2.24) is 15.3 Å². The average Bonchev–Trinajstić information content (AvgIpc) is 3.58. The fourth-order valence-electron chi connectivity index (χ4n) is 4.70. The number of benzene rings is 3. The molecule has 0 saturated carbocycles. The SMILES string of the molecule is CNC(=O)c1c(-c2ccc(F)cc2)oc2cc(N(C)S(C)(=O)=O)c(-c3ccnc(-c4nc5c(F)cccc5o4)c3)cc12. The molecule has 3 heterocycles. The molecule has 1 N–H and O–H groups in total. The number of carbonyl (C=O) groups is 1. The molecule has 0 aliphatic carbocycles. The minimum absolute atomic E-state index is 0.0561. The first-order valence-corrected chi connectivity index (χ1v) is 14.4. The predicted octanol–water partition coefficient (Wildman–Crippen LogP) is 6.00. The standard InChI is InChI=1S/C30H22F2N4O5S/c1-33-29(37)26-20-14-19(17-11-12-34-22(13-17)30-35-27-21(32)5-4-6-24(27)41-30)23(36(2)42(3,38)39)15-25(20)40-28(26)16-7-9-18(31)10-8-16/h4-15H,1-3H3,(H,33,37). The van der Waals surface area contributed by atoms with E-state index in [1.807, 2.05) is 0 Å². The summed E-state index contributed by atoms with van der Waals surface area (Å²) < 4.78 is 66.2. The van der Waals surface area contributed by atoms with Crippen LogP contribution in [0.4, 0.5) is 14.5 Å². The summed E-state index contributed by atoms with van der Waals surface area (Å²) in [4.78, 5) is 21.7. The second-order valence-corrected chi connectivity index (χ2v) is 11.5. The van der Waals surface area contributed by atoms with Gasteiger partial charge in [-0.2, -0.15) is 0 Å². The number of halogens is 2. The lowest BCUT2D eigenvalue weighted by atomic mass is 9.98. The van der Waals surface area contributed by atoms with E-state index < -0.39 is 27.6 Å². The second kappa shape index (κ2) is 10.1. The number of furan rings is 1. The van der Waals surface area contributed by atoms with Gasteiger partial charge in [-0.1, -0.05) is 6.07 Å². The van der Waals surface area contributed by atoms with Crippen LogP contribution in [-0.4, -0.2) is 44.6 Å². The third-order valence-corrected chi connectivity index (χ3v) is 8.06. The van der Waals surface area contributed by atoms with Crippen LogP contribution >= 0.6 is 0 Å². The highest BCUT2D eigenvalue weighted by atomic mass is 32.2. The molecule has 0 aliphatic rings. The number of hydrogen-bond donors (Lipinski definition) is 1. The van der Waals surface area contributed by atoms with Crippen LogP contribution in [-0.2, 0) is 10.0 Å². The molecule has 3 aromatic heterocycles. The fraction of sp³-hybridized carbons (Fsp3) is 0.100. The number of oxazole rings is 1. The lowest BCUT2D eigenvalue weighted by Gasteiger charge is -2.20. The maximum Gasteiger partial charge on any atom is 0.255 e. The van der Waals surface area contributed by atoms with Gasteiger partial charge in [-0.3, -0.25) is 14.1 Å². The Morgan fingerprint density at radius 1 is 0.952 bits per heavy atom. The highest BCUT2D eigenvalue weighted by Crippen LogP contribution is 2.42. The van der Waals surface area contributed by atoms with Crippen molar-refractivity contribution in [3.05, 3.63) is 90.1 Å². The van der Waals surface area contributed by atoms with Gasteiger partial charge in [-0.15, -0.1) is 0 Å². The molecular formula is C30H22F2N4O5S. The van der Waals surface area contributed by atoms with Gasteiger partial charge < -0.3 is 14.2 Å². The molecule has 6 rings (SSSR count). The van der Waals surface area contributed by atoms with Crippen molar-refractivity contribution >= 4 is 43.7 Å². The number of para-hydroxylation sites is 1. The first kappa shape index (κ1) is 27.1. The predicted molar refractivity (Wildman–Crippen MR) is 154 cm³/mol. The molecule has 42 heavy (non-hydrogen) atoms. The highest BCUT2D eigenvalue weighted by Gasteiger charge is 2.26. The van der Waals surface area contributed by atoms with E-state index in [1.165, 1.54) is 62.8 Å². The fourth-order valence-corrected chi connectivity index (χ4v) is 5.21. The number of aromatic nitrogens is 2. The van der Waals surface area contributed by atoms with E-state index in [1.54, 1.807) is 24.3 Å². The second-order valence-electron chi connectivity index (χ2n) is 9.52. The monoisotopic (exact) mass is 588 g/mol. The van der Waals surface area contributed by atoms with E-state index in [2.05, 4.69) is 15.3 Å². The van der Waals surface area contributed by atoms with Crippen LogP contribution in [0, 0.1) is 11.6 Å². The van der Waals surface area contributed by atoms with E-state index >= 15 is 0 Å². The molecule has 0 radical (unpaired) electrons. The minimum atomic E-state index is -3.74. The Morgan fingerprint density at radius 3 is 2.40 bits per heavy atom. The number of amides is 1. The number of fused-ring (bicyclic) bond motifs is 2. The molecular weight excluding hydrogens is 566 g/mol. The molecule has 6 aromatic rings. The molecule has 212 valence electrons. The lowest BCUT2D eigenvalue weighted by Crippen LogP contribution is -2.25. The molecule has 9 nitrogen and oxygen atoms in total. The van der Waals surface area contributed by atoms with Crippen molar-refractivity contribution in [3.8, 4) is 34.0 Å². The van der Waals surface area contributed by atoms with Gasteiger partial charge >= 0.3 is 0 Å². The largest absolute Gasteiger partial charge is 0.455 e. The van der Waals surface area contributed by atoms with Crippen LogP contribution in [0.2, 0.25) is 0 Å². The van der Waals surface area contributed by atoms with Crippen LogP contribution in [0.5, 0.6) is 0 Å². The third-order valence-electron chi connectivity index (χ3n) is 6.86. The number of hydrogen-bond acceptors (Lipinski definition) is 7. The summed E-state index contributed by atoms with van der Waals surface area (Å²) in [5, 5.41) is 3.01. The molecule has 0 atom stereocenters. The molecule has 3 aromatic carbocycles. The minimum Gasteiger partial charge on any atom is -0.455 e. The molecule has 0 saturated heterocycles. The molecule has 0 bridgehead atoms. The zero-order chi connectivity index (χ0) is 29.8. The summed E-state index contributed by atoms with van der Waals surface area (Å²) in [6, 6.07) is 16.3. The highest BCUT2D eigenvalue weighted by molar-refractivity contribution is 7.92. The molecule has 0 unspecified atom stereocenters. The van der Waals surface area contributed by atoms with Crippen LogP contribution in [0.3, 0.4) is 0 Å². The van der Waals surface area contributed by atoms with Crippen LogP contribution < -0.4 is 9.62 Å². The van der Waals surface area contributed by atoms with Gasteiger partial charge in [0.15, 0.2) is 11.4 Å². The Labute approximate surface area is 238 Å². The van der Waals surface area contributed by atoms with Crippen molar-refractivity contribution in [2.45, 2.75) is 0 Å². The summed E-state index contributed by atoms with van der Waals surface area (Å²) in [5.74, 6) is -1.18. The van der Waals surface area contributed by atoms with Crippen molar-refractivity contribution in [2.24, 2.45) is 0 Å². The van der Waals surface area contributed by atoms with E-state index in [-0.39, 0.29) is 45.3 Å². The number of anilines is 1. The van der Waals surface area contributed by atoms with Gasteiger partial charge in [0.05, 0.1) is 17.5 Å². The van der Waals surface area contributed by atoms with E-state index in [9.17, 15) is 22.0 Å². The van der Waals surface area contributed by atoms with Gasteiger partial charge in [0.25, 0.3) is 5.91 Å². The number of nitrogens with one attached hydrogen (secondary N) is 1. The molecule has 12 heteroatoms. The Balaban J connectivity index is 1.60. The van der Waals surface area contributed by atoms with Gasteiger partial charge in [0.2, 0.25) is 15.9 Å². The zero-order valence-electron chi connectivity index (χ0n) is 22.5. The zero-order valence-corrected chi connectivity index (χ0v) is 23.3. The molecule has 0 spiro atoms. The normalized spacial score (nSPS) is 11.7. The van der Waals surface area contributed by atoms with Crippen molar-refractivity contribution in [2.75, 3.05) is 24.7 Å². The molecule has 1 amide bonds. The third kappa shape index (κ3) is 4.65. The van der Waals surface area contributed by atoms with Gasteiger partial charge in [-0.05, 0) is 60.2 Å². The van der Waals surface area contributed by atoms with E-state index in [0.717, 1.165) is 10.6 Å². The van der Waals surface area contributed by atoms with Crippen LogP contribution in [0.25, 0.3) is 56.1 Å². The summed E-state index contributed by atoms with van der Waals surface area (Å²) in [7, 11) is -0.867. The van der Waals surface area contributed by atoms with E-state index in [0.29, 0.717) is 22.1 Å². The smallest absolute Gasteiger partial charge is 0.255 e. The lowest BCUT2D eigenvalue weighted by molar-refractivity contribution is 0.0964.